The van der Waals surface area contributed by atoms with Crippen LogP contribution in [0, 0.1) is 10.8 Å². The number of hydrogen-bond donors (Lipinski definition) is 0. The zero-order chi connectivity index (χ0) is 8.86. The number of Topliss-reactive ketones (excluding diaryl/α,β-unsaturated/α-hetero) is 2. The summed E-state index contributed by atoms with van der Waals surface area (Å²) in [7, 11) is 0. The Labute approximate surface area is 67.0 Å². The van der Waals surface area contributed by atoms with Crippen LogP contribution in [0.15, 0.2) is 0 Å². The number of carbonyl (C=O) groups excluding carboxylic acids is 2. The van der Waals surface area contributed by atoms with E-state index in [4.69, 9.17) is 0 Å². The summed E-state index contributed by atoms with van der Waals surface area (Å²) in [6.07, 6.45) is 0.633. The largest absolute Gasteiger partial charge is 0.297 e. The summed E-state index contributed by atoms with van der Waals surface area (Å²) in [5.74, 6) is 0.190. The van der Waals surface area contributed by atoms with Gasteiger partial charge in [-0.1, -0.05) is 6.92 Å². The van der Waals surface area contributed by atoms with Crippen molar-refractivity contribution in [1.29, 1.82) is 0 Å². The predicted octanol–water partition coefficient (Wildman–Crippen LogP) is 1.58. The molecule has 0 aromatic heterocycles. The topological polar surface area (TPSA) is 34.1 Å². The van der Waals surface area contributed by atoms with Gasteiger partial charge < -0.3 is 0 Å². The SMILES string of the molecule is CCC1(C)C(=O)C(C)(C)C1=O. The quantitative estimate of drug-likeness (QED) is 0.537. The van der Waals surface area contributed by atoms with Gasteiger partial charge in [0.25, 0.3) is 0 Å². The Kier molecular flexibility index (Phi) is 1.48. The highest BCUT2D eigenvalue weighted by atomic mass is 16.2. The predicted molar refractivity (Wildman–Crippen MR) is 42.2 cm³/mol. The summed E-state index contributed by atoms with van der Waals surface area (Å²) in [6, 6.07) is 0. The van der Waals surface area contributed by atoms with E-state index in [0.717, 1.165) is 0 Å². The van der Waals surface area contributed by atoms with E-state index in [2.05, 4.69) is 0 Å². The fourth-order valence-corrected chi connectivity index (χ4v) is 1.84. The maximum Gasteiger partial charge on any atom is 0.159 e. The smallest absolute Gasteiger partial charge is 0.159 e. The molecular formula is C9H14O2. The fourth-order valence-electron chi connectivity index (χ4n) is 1.84. The molecule has 0 bridgehead atoms. The van der Waals surface area contributed by atoms with E-state index in [-0.39, 0.29) is 11.6 Å². The Morgan fingerprint density at radius 1 is 1.09 bits per heavy atom. The summed E-state index contributed by atoms with van der Waals surface area (Å²) in [6.45, 7) is 7.03. The minimum atomic E-state index is -0.704. The molecule has 62 valence electrons. The van der Waals surface area contributed by atoms with E-state index in [1.54, 1.807) is 20.8 Å². The molecule has 0 atom stereocenters. The highest BCUT2D eigenvalue weighted by Crippen LogP contribution is 2.48. The second kappa shape index (κ2) is 1.93. The van der Waals surface area contributed by atoms with Crippen LogP contribution in [-0.4, -0.2) is 11.6 Å². The monoisotopic (exact) mass is 154 g/mol. The van der Waals surface area contributed by atoms with Crippen LogP contribution in [-0.2, 0) is 9.59 Å². The van der Waals surface area contributed by atoms with Crippen molar-refractivity contribution >= 4 is 11.6 Å². The third-order valence-electron chi connectivity index (χ3n) is 2.84. The standard InChI is InChI=1S/C9H14O2/c1-5-9(4)6(10)8(2,3)7(9)11/h5H2,1-4H3. The maximum atomic E-state index is 11.4. The van der Waals surface area contributed by atoms with Gasteiger partial charge in [-0.15, -0.1) is 0 Å². The van der Waals surface area contributed by atoms with Gasteiger partial charge >= 0.3 is 0 Å². The molecule has 0 radical (unpaired) electrons. The lowest BCUT2D eigenvalue weighted by Crippen LogP contribution is -2.62. The van der Waals surface area contributed by atoms with E-state index in [9.17, 15) is 9.59 Å². The molecular weight excluding hydrogens is 140 g/mol. The third-order valence-corrected chi connectivity index (χ3v) is 2.84. The minimum absolute atomic E-state index is 0.0949. The van der Waals surface area contributed by atoms with E-state index in [1.165, 1.54) is 0 Å². The lowest BCUT2D eigenvalue weighted by Gasteiger charge is -2.46. The summed E-state index contributed by atoms with van der Waals surface area (Å²) >= 11 is 0. The van der Waals surface area contributed by atoms with Gasteiger partial charge in [0.2, 0.25) is 0 Å². The van der Waals surface area contributed by atoms with Gasteiger partial charge in [0.05, 0.1) is 10.8 Å². The molecule has 0 aliphatic heterocycles. The molecule has 0 aromatic carbocycles. The first kappa shape index (κ1) is 8.44. The number of hydrogen-bond acceptors (Lipinski definition) is 2. The van der Waals surface area contributed by atoms with Gasteiger partial charge in [-0.3, -0.25) is 9.59 Å². The molecule has 1 saturated carbocycles. The Hall–Kier alpha value is -0.660. The number of carbonyl (C=O) groups is 2. The molecule has 0 aromatic rings. The second-order valence-electron chi connectivity index (χ2n) is 3.97. The summed E-state index contributed by atoms with van der Waals surface area (Å²) in [5, 5.41) is 0. The van der Waals surface area contributed by atoms with Crippen LogP contribution in [0.5, 0.6) is 0 Å². The van der Waals surface area contributed by atoms with Crippen LogP contribution in [0.4, 0.5) is 0 Å². The lowest BCUT2D eigenvalue weighted by molar-refractivity contribution is -0.167. The highest BCUT2D eigenvalue weighted by Gasteiger charge is 2.62. The second-order valence-corrected chi connectivity index (χ2v) is 3.97. The zero-order valence-electron chi connectivity index (χ0n) is 7.52. The highest BCUT2D eigenvalue weighted by molar-refractivity contribution is 6.29. The Balaban J connectivity index is 2.98. The molecule has 1 aliphatic rings. The van der Waals surface area contributed by atoms with Gasteiger partial charge in [0, 0.05) is 0 Å². The van der Waals surface area contributed by atoms with Crippen LogP contribution in [0.2, 0.25) is 0 Å². The Bertz CT molecular complexity index is 208. The van der Waals surface area contributed by atoms with Crippen molar-refractivity contribution in [3.05, 3.63) is 0 Å². The molecule has 2 nitrogen and oxygen atoms in total. The van der Waals surface area contributed by atoms with Crippen molar-refractivity contribution in [1.82, 2.24) is 0 Å². The van der Waals surface area contributed by atoms with Crippen LogP contribution >= 0.6 is 0 Å². The zero-order valence-corrected chi connectivity index (χ0v) is 7.52. The summed E-state index contributed by atoms with van der Waals surface area (Å²) < 4.78 is 0. The van der Waals surface area contributed by atoms with Crippen LogP contribution < -0.4 is 0 Å². The molecule has 0 saturated heterocycles. The van der Waals surface area contributed by atoms with E-state index >= 15 is 0 Å². The normalized spacial score (nSPS) is 26.5. The van der Waals surface area contributed by atoms with Crippen molar-refractivity contribution in [2.45, 2.75) is 34.1 Å². The average molecular weight is 154 g/mol. The molecule has 1 aliphatic carbocycles. The van der Waals surface area contributed by atoms with Crippen molar-refractivity contribution in [2.24, 2.45) is 10.8 Å². The van der Waals surface area contributed by atoms with Crippen molar-refractivity contribution in [2.75, 3.05) is 0 Å². The third kappa shape index (κ3) is 0.725. The first-order valence-corrected chi connectivity index (χ1v) is 3.97. The maximum absolute atomic E-state index is 11.4. The molecule has 0 amide bonds. The van der Waals surface area contributed by atoms with E-state index in [1.807, 2.05) is 6.92 Å². The summed E-state index contributed by atoms with van der Waals surface area (Å²) in [4.78, 5) is 22.9. The van der Waals surface area contributed by atoms with Crippen molar-refractivity contribution in [3.63, 3.8) is 0 Å². The van der Waals surface area contributed by atoms with E-state index in [0.29, 0.717) is 6.42 Å². The van der Waals surface area contributed by atoms with Crippen LogP contribution in [0.25, 0.3) is 0 Å². The van der Waals surface area contributed by atoms with E-state index < -0.39 is 10.8 Å². The van der Waals surface area contributed by atoms with Gasteiger partial charge in [-0.25, -0.2) is 0 Å². The molecule has 2 heteroatoms. The molecule has 1 fully saturated rings. The van der Waals surface area contributed by atoms with Gasteiger partial charge in [-0.05, 0) is 27.2 Å². The lowest BCUT2D eigenvalue weighted by atomic mass is 9.52. The fraction of sp³-hybridized carbons (Fsp3) is 0.778. The molecule has 0 N–H and O–H groups in total. The van der Waals surface area contributed by atoms with Gasteiger partial charge in [0.15, 0.2) is 11.6 Å². The van der Waals surface area contributed by atoms with Gasteiger partial charge in [-0.2, -0.15) is 0 Å². The molecule has 0 spiro atoms. The first-order valence-electron chi connectivity index (χ1n) is 3.97. The average Bonchev–Trinajstić information content (AvgIpc) is 2.00. The van der Waals surface area contributed by atoms with Crippen LogP contribution in [0.3, 0.4) is 0 Å². The number of ketones is 2. The Morgan fingerprint density at radius 2 is 1.45 bits per heavy atom. The van der Waals surface area contributed by atoms with Crippen molar-refractivity contribution in [3.8, 4) is 0 Å². The summed E-state index contributed by atoms with van der Waals surface area (Å²) in [5.41, 5.74) is -1.37. The Morgan fingerprint density at radius 3 is 1.64 bits per heavy atom. The first-order chi connectivity index (χ1) is 4.87. The number of rotatable bonds is 1. The van der Waals surface area contributed by atoms with Crippen molar-refractivity contribution < 1.29 is 9.59 Å². The van der Waals surface area contributed by atoms with Crippen LogP contribution in [0.1, 0.15) is 34.1 Å². The molecule has 1 rings (SSSR count). The molecule has 0 heterocycles. The molecule has 0 unspecified atom stereocenters. The van der Waals surface area contributed by atoms with Gasteiger partial charge in [0.1, 0.15) is 0 Å². The molecule has 11 heavy (non-hydrogen) atoms. The minimum Gasteiger partial charge on any atom is -0.297 e.